The van der Waals surface area contributed by atoms with Gasteiger partial charge in [0.1, 0.15) is 0 Å². The molecule has 0 aromatic rings. The van der Waals surface area contributed by atoms with Gasteiger partial charge in [-0.15, -0.1) is 0 Å². The maximum absolute atomic E-state index is 12.3. The van der Waals surface area contributed by atoms with Crippen molar-refractivity contribution in [3.8, 4) is 0 Å². The molecule has 1 fully saturated rings. The average Bonchev–Trinajstić information content (AvgIpc) is 2.36. The summed E-state index contributed by atoms with van der Waals surface area (Å²) in [7, 11) is -3.18. The molecule has 1 aliphatic heterocycles. The summed E-state index contributed by atoms with van der Waals surface area (Å²) in [6.07, 6.45) is 2.08. The Morgan fingerprint density at radius 1 is 1.40 bits per heavy atom. The quantitative estimate of drug-likeness (QED) is 0.737. The van der Waals surface area contributed by atoms with E-state index in [2.05, 4.69) is 19.2 Å². The fourth-order valence-corrected chi connectivity index (χ4v) is 3.92. The van der Waals surface area contributed by atoms with Crippen molar-refractivity contribution < 1.29 is 13.2 Å². The Bertz CT molecular complexity index is 371. The highest BCUT2D eigenvalue weighted by molar-refractivity contribution is 7.89. The summed E-state index contributed by atoms with van der Waals surface area (Å²) < 4.78 is 31.5. The fourth-order valence-electron chi connectivity index (χ4n) is 2.51. The van der Waals surface area contributed by atoms with Gasteiger partial charge in [0.25, 0.3) is 0 Å². The van der Waals surface area contributed by atoms with Crippen LogP contribution in [0.5, 0.6) is 0 Å². The van der Waals surface area contributed by atoms with Gasteiger partial charge in [0, 0.05) is 19.1 Å². The molecule has 2 unspecified atom stereocenters. The number of ether oxygens (including phenoxy) is 1. The second-order valence-electron chi connectivity index (χ2n) is 5.92. The first-order valence-corrected chi connectivity index (χ1v) is 9.30. The first-order chi connectivity index (χ1) is 9.36. The van der Waals surface area contributed by atoms with Gasteiger partial charge in [-0.3, -0.25) is 0 Å². The van der Waals surface area contributed by atoms with E-state index in [9.17, 15) is 8.42 Å². The summed E-state index contributed by atoms with van der Waals surface area (Å²) in [6, 6.07) is 0.438. The number of piperidine rings is 1. The monoisotopic (exact) mass is 306 g/mol. The average molecular weight is 306 g/mol. The predicted molar refractivity (Wildman–Crippen MR) is 82.3 cm³/mol. The predicted octanol–water partition coefficient (Wildman–Crippen LogP) is 1.45. The van der Waals surface area contributed by atoms with E-state index in [0.717, 1.165) is 19.4 Å². The fraction of sp³-hybridized carbons (Fsp3) is 1.00. The Balaban J connectivity index is 2.45. The minimum atomic E-state index is -3.18. The summed E-state index contributed by atoms with van der Waals surface area (Å²) in [6.45, 7) is 10.6. The summed E-state index contributed by atoms with van der Waals surface area (Å²) >= 11 is 0. The summed E-state index contributed by atoms with van der Waals surface area (Å²) in [5.74, 6) is 0.446. The molecule has 0 aromatic heterocycles. The molecule has 120 valence electrons. The Kier molecular flexibility index (Phi) is 7.43. The van der Waals surface area contributed by atoms with Gasteiger partial charge in [0.2, 0.25) is 10.0 Å². The van der Waals surface area contributed by atoms with Crippen LogP contribution in [0, 0.1) is 5.92 Å². The van der Waals surface area contributed by atoms with E-state index < -0.39 is 10.0 Å². The lowest BCUT2D eigenvalue weighted by molar-refractivity contribution is 0.0903. The molecule has 1 aliphatic rings. The Labute approximate surface area is 124 Å². The molecule has 0 bridgehead atoms. The van der Waals surface area contributed by atoms with Crippen LogP contribution in [0.1, 0.15) is 40.5 Å². The molecule has 0 amide bonds. The van der Waals surface area contributed by atoms with Gasteiger partial charge >= 0.3 is 0 Å². The largest absolute Gasteiger partial charge is 0.378 e. The number of hydrogen-bond donors (Lipinski definition) is 1. The van der Waals surface area contributed by atoms with E-state index in [1.54, 1.807) is 4.31 Å². The molecule has 6 heteroatoms. The molecule has 2 atom stereocenters. The van der Waals surface area contributed by atoms with E-state index >= 15 is 0 Å². The third-order valence-electron chi connectivity index (χ3n) is 3.71. The van der Waals surface area contributed by atoms with E-state index in [-0.39, 0.29) is 18.5 Å². The smallest absolute Gasteiger partial charge is 0.216 e. The summed E-state index contributed by atoms with van der Waals surface area (Å²) in [4.78, 5) is 0. The highest BCUT2D eigenvalue weighted by Gasteiger charge is 2.31. The number of nitrogens with one attached hydrogen (secondary N) is 1. The SMILES string of the molecule is CCCNC1CCN(S(=O)(=O)CCOC(C)C)CC1C. The minimum absolute atomic E-state index is 0.0769. The van der Waals surface area contributed by atoms with E-state index in [1.165, 1.54) is 0 Å². The van der Waals surface area contributed by atoms with Crippen LogP contribution in [0.15, 0.2) is 0 Å². The molecule has 1 heterocycles. The zero-order valence-corrected chi connectivity index (χ0v) is 14.1. The van der Waals surface area contributed by atoms with Gasteiger partial charge < -0.3 is 10.1 Å². The van der Waals surface area contributed by atoms with Crippen molar-refractivity contribution in [2.75, 3.05) is 32.0 Å². The number of sulfonamides is 1. The Morgan fingerprint density at radius 2 is 2.10 bits per heavy atom. The van der Waals surface area contributed by atoms with Crippen molar-refractivity contribution in [2.24, 2.45) is 5.92 Å². The summed E-state index contributed by atoms with van der Waals surface area (Å²) in [5, 5.41) is 3.50. The first-order valence-electron chi connectivity index (χ1n) is 7.69. The number of hydrogen-bond acceptors (Lipinski definition) is 4. The molecule has 0 radical (unpaired) electrons. The molecule has 20 heavy (non-hydrogen) atoms. The lowest BCUT2D eigenvalue weighted by Crippen LogP contribution is -2.50. The lowest BCUT2D eigenvalue weighted by atomic mass is 9.95. The maximum Gasteiger partial charge on any atom is 0.216 e. The van der Waals surface area contributed by atoms with Crippen molar-refractivity contribution in [3.05, 3.63) is 0 Å². The van der Waals surface area contributed by atoms with Crippen molar-refractivity contribution in [1.29, 1.82) is 0 Å². The number of rotatable bonds is 8. The standard InChI is InChI=1S/C14H30N2O3S/c1-5-7-15-14-6-8-16(11-13(14)4)20(17,18)10-9-19-12(2)3/h12-15H,5-11H2,1-4H3. The summed E-state index contributed by atoms with van der Waals surface area (Å²) in [5.41, 5.74) is 0. The molecule has 1 saturated heterocycles. The normalized spacial score (nSPS) is 25.2. The zero-order chi connectivity index (χ0) is 15.2. The van der Waals surface area contributed by atoms with Gasteiger partial charge in [0.15, 0.2) is 0 Å². The lowest BCUT2D eigenvalue weighted by Gasteiger charge is -2.36. The van der Waals surface area contributed by atoms with Crippen LogP contribution >= 0.6 is 0 Å². The molecular weight excluding hydrogens is 276 g/mol. The molecule has 0 saturated carbocycles. The van der Waals surface area contributed by atoms with Crippen molar-refractivity contribution in [2.45, 2.75) is 52.7 Å². The van der Waals surface area contributed by atoms with Crippen molar-refractivity contribution in [1.82, 2.24) is 9.62 Å². The van der Waals surface area contributed by atoms with Gasteiger partial charge in [-0.25, -0.2) is 12.7 Å². The van der Waals surface area contributed by atoms with E-state index in [4.69, 9.17) is 4.74 Å². The van der Waals surface area contributed by atoms with Gasteiger partial charge in [-0.2, -0.15) is 0 Å². The Hall–Kier alpha value is -0.170. The molecule has 0 spiro atoms. The highest BCUT2D eigenvalue weighted by atomic mass is 32.2. The third-order valence-corrected chi connectivity index (χ3v) is 5.51. The molecule has 0 aromatic carbocycles. The topological polar surface area (TPSA) is 58.6 Å². The number of nitrogens with zero attached hydrogens (tertiary/aromatic N) is 1. The van der Waals surface area contributed by atoms with Gasteiger partial charge in [0.05, 0.1) is 18.5 Å². The van der Waals surface area contributed by atoms with Crippen LogP contribution in [0.2, 0.25) is 0 Å². The molecule has 1 rings (SSSR count). The van der Waals surface area contributed by atoms with Crippen LogP contribution in [-0.2, 0) is 14.8 Å². The molecule has 0 aliphatic carbocycles. The second kappa shape index (κ2) is 8.32. The maximum atomic E-state index is 12.3. The highest BCUT2D eigenvalue weighted by Crippen LogP contribution is 2.19. The van der Waals surface area contributed by atoms with Gasteiger partial charge in [-0.1, -0.05) is 13.8 Å². The van der Waals surface area contributed by atoms with Crippen LogP contribution in [0.25, 0.3) is 0 Å². The second-order valence-corrected chi connectivity index (χ2v) is 8.01. The zero-order valence-electron chi connectivity index (χ0n) is 13.3. The Morgan fingerprint density at radius 3 is 2.65 bits per heavy atom. The van der Waals surface area contributed by atoms with Crippen molar-refractivity contribution >= 4 is 10.0 Å². The van der Waals surface area contributed by atoms with Crippen LogP contribution < -0.4 is 5.32 Å². The van der Waals surface area contributed by atoms with Crippen molar-refractivity contribution in [3.63, 3.8) is 0 Å². The van der Waals surface area contributed by atoms with E-state index in [1.807, 2.05) is 13.8 Å². The third kappa shape index (κ3) is 5.68. The van der Waals surface area contributed by atoms with Gasteiger partial charge in [-0.05, 0) is 39.2 Å². The van der Waals surface area contributed by atoms with Crippen LogP contribution in [0.3, 0.4) is 0 Å². The van der Waals surface area contributed by atoms with E-state index in [0.29, 0.717) is 25.0 Å². The first kappa shape index (κ1) is 17.9. The van der Waals surface area contributed by atoms with Crippen LogP contribution in [0.4, 0.5) is 0 Å². The molecule has 5 nitrogen and oxygen atoms in total. The molecular formula is C14H30N2O3S. The van der Waals surface area contributed by atoms with Crippen LogP contribution in [-0.4, -0.2) is 56.9 Å². The molecule has 1 N–H and O–H groups in total. The minimum Gasteiger partial charge on any atom is -0.378 e.